The topological polar surface area (TPSA) is 90.9 Å². The molecule has 4 rings (SSSR count). The van der Waals surface area contributed by atoms with Crippen molar-refractivity contribution in [2.24, 2.45) is 4.99 Å². The van der Waals surface area contributed by atoms with Gasteiger partial charge in [0.15, 0.2) is 15.0 Å². The van der Waals surface area contributed by atoms with E-state index in [4.69, 9.17) is 0 Å². The first-order valence-corrected chi connectivity index (χ1v) is 13.9. The number of hydrogen-bond acceptors (Lipinski definition) is 7. The Morgan fingerprint density at radius 2 is 1.97 bits per heavy atom. The fourth-order valence-electron chi connectivity index (χ4n) is 4.11. The average Bonchev–Trinajstić information content (AvgIpc) is 3.26. The van der Waals surface area contributed by atoms with Crippen molar-refractivity contribution in [1.82, 2.24) is 5.32 Å². The van der Waals surface area contributed by atoms with Gasteiger partial charge >= 0.3 is 0 Å². The standard InChI is InChI=1S/C24H30N4O3S2/c1-3-28(20-7-4-6-17(2)14-20)13-5-12-25-23(29)18-8-10-19(11-9-18)26-24-27-21-15-33(30,31)16-22(21)32-24/h4,6-11,14,21-22H,3,5,12-13,15-16H2,1-2H3,(H,25,29)(H,26,27)/t21-,22-/m0/s1. The minimum Gasteiger partial charge on any atom is -0.372 e. The van der Waals surface area contributed by atoms with Crippen LogP contribution >= 0.6 is 11.8 Å². The van der Waals surface area contributed by atoms with Crippen molar-refractivity contribution in [3.63, 3.8) is 0 Å². The molecule has 0 radical (unpaired) electrons. The molecule has 0 unspecified atom stereocenters. The minimum atomic E-state index is -2.95. The van der Waals surface area contributed by atoms with Gasteiger partial charge in [-0.3, -0.25) is 9.79 Å². The van der Waals surface area contributed by atoms with Crippen LogP contribution in [0.3, 0.4) is 0 Å². The molecule has 1 amide bonds. The molecule has 0 bridgehead atoms. The van der Waals surface area contributed by atoms with Gasteiger partial charge in [0.1, 0.15) is 0 Å². The summed E-state index contributed by atoms with van der Waals surface area (Å²) in [5.41, 5.74) is 3.89. The van der Waals surface area contributed by atoms with Crippen molar-refractivity contribution < 1.29 is 13.2 Å². The van der Waals surface area contributed by atoms with Crippen molar-refractivity contribution in [3.05, 3.63) is 59.7 Å². The first kappa shape index (κ1) is 23.6. The van der Waals surface area contributed by atoms with Crippen LogP contribution in [0.15, 0.2) is 53.5 Å². The van der Waals surface area contributed by atoms with Crippen LogP contribution in [0.2, 0.25) is 0 Å². The number of amides is 1. The molecule has 2 aliphatic heterocycles. The Labute approximate surface area is 200 Å². The molecule has 1 saturated heterocycles. The third-order valence-corrected chi connectivity index (χ3v) is 9.00. The number of aliphatic imine (C=N–C) groups is 1. The molecule has 1 fully saturated rings. The largest absolute Gasteiger partial charge is 0.372 e. The lowest BCUT2D eigenvalue weighted by Crippen LogP contribution is -2.30. The van der Waals surface area contributed by atoms with Gasteiger partial charge in [-0.2, -0.15) is 0 Å². The van der Waals surface area contributed by atoms with Crippen molar-refractivity contribution in [2.75, 3.05) is 41.4 Å². The Kier molecular flexibility index (Phi) is 7.29. The summed E-state index contributed by atoms with van der Waals surface area (Å²) < 4.78 is 23.4. The number of anilines is 2. The van der Waals surface area contributed by atoms with Gasteiger partial charge in [-0.1, -0.05) is 23.9 Å². The van der Waals surface area contributed by atoms with Crippen LogP contribution in [-0.4, -0.2) is 61.9 Å². The SMILES string of the molecule is CCN(CCCNC(=O)c1ccc(NC2=N[C@H]3CS(=O)(=O)C[C@@H]3S2)cc1)c1cccc(C)c1. The predicted molar refractivity (Wildman–Crippen MR) is 137 cm³/mol. The van der Waals surface area contributed by atoms with Crippen molar-refractivity contribution in [1.29, 1.82) is 0 Å². The van der Waals surface area contributed by atoms with Crippen molar-refractivity contribution in [3.8, 4) is 0 Å². The van der Waals surface area contributed by atoms with Crippen LogP contribution in [0, 0.1) is 6.92 Å². The fourth-order valence-corrected chi connectivity index (χ4v) is 7.79. The Morgan fingerprint density at radius 1 is 1.18 bits per heavy atom. The second kappa shape index (κ2) is 10.2. The molecule has 2 aromatic rings. The van der Waals surface area contributed by atoms with E-state index in [1.54, 1.807) is 12.1 Å². The van der Waals surface area contributed by atoms with Crippen LogP contribution in [0.1, 0.15) is 29.3 Å². The number of thioether (sulfide) groups is 1. The predicted octanol–water partition coefficient (Wildman–Crippen LogP) is 3.32. The highest BCUT2D eigenvalue weighted by atomic mass is 32.2. The first-order chi connectivity index (χ1) is 15.8. The zero-order valence-electron chi connectivity index (χ0n) is 19.0. The van der Waals surface area contributed by atoms with Crippen LogP contribution in [-0.2, 0) is 9.84 Å². The monoisotopic (exact) mass is 486 g/mol. The second-order valence-corrected chi connectivity index (χ2v) is 11.8. The van der Waals surface area contributed by atoms with E-state index in [-0.39, 0.29) is 28.7 Å². The van der Waals surface area contributed by atoms with Crippen LogP contribution in [0.25, 0.3) is 0 Å². The van der Waals surface area contributed by atoms with Crippen molar-refractivity contribution >= 4 is 44.0 Å². The minimum absolute atomic E-state index is 0.0112. The summed E-state index contributed by atoms with van der Waals surface area (Å²) >= 11 is 1.48. The smallest absolute Gasteiger partial charge is 0.251 e. The lowest BCUT2D eigenvalue weighted by molar-refractivity contribution is 0.0953. The van der Waals surface area contributed by atoms with E-state index in [9.17, 15) is 13.2 Å². The van der Waals surface area contributed by atoms with Crippen LogP contribution < -0.4 is 15.5 Å². The average molecular weight is 487 g/mol. The number of carbonyl (C=O) groups is 1. The van der Waals surface area contributed by atoms with Gasteiger partial charge in [0.25, 0.3) is 5.91 Å². The van der Waals surface area contributed by atoms with E-state index in [1.807, 2.05) is 12.1 Å². The lowest BCUT2D eigenvalue weighted by Gasteiger charge is -2.23. The van der Waals surface area contributed by atoms with Gasteiger partial charge in [0.05, 0.1) is 17.5 Å². The highest BCUT2D eigenvalue weighted by Gasteiger charge is 2.42. The van der Waals surface area contributed by atoms with Crippen molar-refractivity contribution in [2.45, 2.75) is 31.6 Å². The Hall–Kier alpha value is -2.52. The summed E-state index contributed by atoms with van der Waals surface area (Å²) in [6.07, 6.45) is 0.863. The summed E-state index contributed by atoms with van der Waals surface area (Å²) in [5.74, 6) is 0.236. The molecular formula is C24H30N4O3S2. The quantitative estimate of drug-likeness (QED) is 0.557. The highest BCUT2D eigenvalue weighted by Crippen LogP contribution is 2.34. The van der Waals surface area contributed by atoms with Gasteiger partial charge < -0.3 is 15.5 Å². The summed E-state index contributed by atoms with van der Waals surface area (Å²) in [7, 11) is -2.95. The van der Waals surface area contributed by atoms with E-state index in [0.717, 1.165) is 30.4 Å². The van der Waals surface area contributed by atoms with E-state index in [2.05, 4.69) is 58.6 Å². The second-order valence-electron chi connectivity index (χ2n) is 8.47. The van der Waals surface area contributed by atoms with Gasteiger partial charge in [-0.15, -0.1) is 0 Å². The molecule has 2 heterocycles. The number of nitrogens with one attached hydrogen (secondary N) is 2. The Bertz CT molecular complexity index is 1130. The number of rotatable bonds is 8. The summed E-state index contributed by atoms with van der Waals surface area (Å²) in [6, 6.07) is 15.6. The zero-order chi connectivity index (χ0) is 23.4. The number of nitrogens with zero attached hydrogens (tertiary/aromatic N) is 2. The molecule has 2 aliphatic rings. The lowest BCUT2D eigenvalue weighted by atomic mass is 10.2. The van der Waals surface area contributed by atoms with Gasteiger partial charge in [-0.25, -0.2) is 8.42 Å². The third-order valence-electron chi connectivity index (χ3n) is 5.86. The molecule has 2 atom stereocenters. The van der Waals surface area contributed by atoms with Gasteiger partial charge in [0, 0.05) is 41.8 Å². The van der Waals surface area contributed by atoms with E-state index >= 15 is 0 Å². The Morgan fingerprint density at radius 3 is 2.67 bits per heavy atom. The van der Waals surface area contributed by atoms with E-state index < -0.39 is 9.84 Å². The molecule has 7 nitrogen and oxygen atoms in total. The van der Waals surface area contributed by atoms with Gasteiger partial charge in [-0.05, 0) is 62.2 Å². The molecule has 33 heavy (non-hydrogen) atoms. The maximum Gasteiger partial charge on any atom is 0.251 e. The number of amidine groups is 1. The van der Waals surface area contributed by atoms with Crippen LogP contribution in [0.4, 0.5) is 11.4 Å². The number of sulfone groups is 1. The van der Waals surface area contributed by atoms with E-state index in [1.165, 1.54) is 23.0 Å². The molecule has 2 aromatic carbocycles. The number of hydrogen-bond donors (Lipinski definition) is 2. The number of benzene rings is 2. The summed E-state index contributed by atoms with van der Waals surface area (Å²) in [6.45, 7) is 6.65. The maximum atomic E-state index is 12.5. The molecule has 2 N–H and O–H groups in total. The number of fused-ring (bicyclic) bond motifs is 1. The zero-order valence-corrected chi connectivity index (χ0v) is 20.6. The number of carbonyl (C=O) groups excluding carboxylic acids is 1. The summed E-state index contributed by atoms with van der Waals surface area (Å²) in [5, 5.41) is 6.99. The van der Waals surface area contributed by atoms with Crippen LogP contribution in [0.5, 0.6) is 0 Å². The Balaban J connectivity index is 1.23. The molecule has 0 aliphatic carbocycles. The summed E-state index contributed by atoms with van der Waals surface area (Å²) in [4.78, 5) is 19.3. The molecule has 176 valence electrons. The van der Waals surface area contributed by atoms with E-state index in [0.29, 0.717) is 12.1 Å². The molecular weight excluding hydrogens is 456 g/mol. The number of aryl methyl sites for hydroxylation is 1. The highest BCUT2D eigenvalue weighted by molar-refractivity contribution is 8.15. The first-order valence-electron chi connectivity index (χ1n) is 11.2. The maximum absolute atomic E-state index is 12.5. The van der Waals surface area contributed by atoms with Gasteiger partial charge in [0.2, 0.25) is 0 Å². The molecule has 0 spiro atoms. The molecule has 9 heteroatoms. The molecule has 0 aromatic heterocycles. The molecule has 0 saturated carbocycles. The normalized spacial score (nSPS) is 20.7. The third kappa shape index (κ3) is 6.09. The fraction of sp³-hybridized carbons (Fsp3) is 0.417.